The topological polar surface area (TPSA) is 52.7 Å². The lowest BCUT2D eigenvalue weighted by atomic mass is 9.99. The van der Waals surface area contributed by atoms with Crippen LogP contribution in [-0.4, -0.2) is 49.2 Å². The van der Waals surface area contributed by atoms with E-state index in [1.165, 1.54) is 53.8 Å². The van der Waals surface area contributed by atoms with E-state index in [2.05, 4.69) is 109 Å². The molecule has 2 aromatic rings. The molecule has 0 fully saturated rings. The number of carbonyl (C=O) groups is 2. The van der Waals surface area contributed by atoms with Gasteiger partial charge in [-0.25, -0.2) is 0 Å². The van der Waals surface area contributed by atoms with Crippen LogP contribution in [0.1, 0.15) is 74.2 Å². The van der Waals surface area contributed by atoms with Gasteiger partial charge in [-0.05, 0) is 67.1 Å². The molecule has 1 atom stereocenters. The van der Waals surface area contributed by atoms with Gasteiger partial charge in [0.1, 0.15) is 6.29 Å². The van der Waals surface area contributed by atoms with E-state index in [4.69, 9.17) is 0 Å². The lowest BCUT2D eigenvalue weighted by Crippen LogP contribution is -2.26. The molecule has 5 nitrogen and oxygen atoms in total. The van der Waals surface area contributed by atoms with Gasteiger partial charge < -0.3 is 19.9 Å². The average molecular weight is 528 g/mol. The maximum Gasteiger partial charge on any atom is 0.220 e. The van der Waals surface area contributed by atoms with Gasteiger partial charge in [0.25, 0.3) is 0 Å². The Bertz CT molecular complexity index is 1160. The van der Waals surface area contributed by atoms with Crippen molar-refractivity contribution in [3.05, 3.63) is 101 Å². The number of rotatable bonds is 10. The summed E-state index contributed by atoms with van der Waals surface area (Å²) in [7, 11) is 4.33. The number of hydrogen-bond acceptors (Lipinski definition) is 4. The zero-order valence-corrected chi connectivity index (χ0v) is 24.2. The lowest BCUT2D eigenvalue weighted by Gasteiger charge is -2.24. The second-order valence-electron chi connectivity index (χ2n) is 10.5. The fourth-order valence-electron chi connectivity index (χ4n) is 4.84. The Balaban J connectivity index is 0.000000314. The monoisotopic (exact) mass is 527 g/mol. The summed E-state index contributed by atoms with van der Waals surface area (Å²) in [6.07, 6.45) is 14.6. The van der Waals surface area contributed by atoms with Gasteiger partial charge in [0.2, 0.25) is 5.91 Å². The number of hydrogen-bond donors (Lipinski definition) is 1. The second kappa shape index (κ2) is 15.8. The van der Waals surface area contributed by atoms with E-state index < -0.39 is 0 Å². The molecular formula is C34H45N3O2. The van der Waals surface area contributed by atoms with Crippen molar-refractivity contribution in [1.82, 2.24) is 15.1 Å². The minimum atomic E-state index is -0.0925. The quantitative estimate of drug-likeness (QED) is 0.360. The van der Waals surface area contributed by atoms with Gasteiger partial charge >= 0.3 is 0 Å². The molecule has 1 unspecified atom stereocenters. The third-order valence-corrected chi connectivity index (χ3v) is 7.35. The Morgan fingerprint density at radius 1 is 1.13 bits per heavy atom. The van der Waals surface area contributed by atoms with E-state index in [0.717, 1.165) is 31.4 Å². The van der Waals surface area contributed by atoms with Crippen LogP contribution < -0.4 is 5.32 Å². The molecular weight excluding hydrogens is 482 g/mol. The zero-order chi connectivity index (χ0) is 28.0. The Morgan fingerprint density at radius 3 is 2.59 bits per heavy atom. The first-order chi connectivity index (χ1) is 18.9. The van der Waals surface area contributed by atoms with Crippen LogP contribution in [0.3, 0.4) is 0 Å². The number of unbranched alkanes of at least 4 members (excludes halogenated alkanes) is 1. The van der Waals surface area contributed by atoms with Crippen molar-refractivity contribution < 1.29 is 9.59 Å². The molecule has 2 aromatic carbocycles. The van der Waals surface area contributed by atoms with E-state index in [1.807, 2.05) is 6.92 Å². The lowest BCUT2D eigenvalue weighted by molar-refractivity contribution is -0.123. The normalized spacial score (nSPS) is 15.5. The highest BCUT2D eigenvalue weighted by Gasteiger charge is 2.12. The Hall–Kier alpha value is -3.44. The van der Waals surface area contributed by atoms with Gasteiger partial charge in [-0.15, -0.1) is 0 Å². The molecule has 0 spiro atoms. The van der Waals surface area contributed by atoms with Crippen molar-refractivity contribution in [3.8, 4) is 0 Å². The summed E-state index contributed by atoms with van der Waals surface area (Å²) in [6.45, 7) is 7.58. The highest BCUT2D eigenvalue weighted by Crippen LogP contribution is 2.25. The molecule has 1 amide bonds. The standard InChI is InChI=1S/C24H32N2O2.C10H13N/c1-4-5-17-26(3)23-9-6-8-21(15-16-23)22-13-11-20(12-14-22)19(2)25-24(28)10-7-18-27;1-11-7-6-9-4-2-3-5-10(9)8-11/h6,8-9,11-14,16,18-19H,4-5,7,10,15,17H2,1-3H3,(H,25,28);2-5H,6-8H2,1H3. The smallest absolute Gasteiger partial charge is 0.220 e. The molecule has 4 rings (SSSR count). The van der Waals surface area contributed by atoms with Crippen LogP contribution in [0.4, 0.5) is 0 Å². The third-order valence-electron chi connectivity index (χ3n) is 7.35. The number of benzene rings is 2. The summed E-state index contributed by atoms with van der Waals surface area (Å²) in [5.41, 5.74) is 7.84. The second-order valence-corrected chi connectivity index (χ2v) is 10.5. The molecule has 208 valence electrons. The van der Waals surface area contributed by atoms with E-state index in [0.29, 0.717) is 0 Å². The van der Waals surface area contributed by atoms with Gasteiger partial charge in [-0.1, -0.05) is 80.1 Å². The van der Waals surface area contributed by atoms with Crippen molar-refractivity contribution in [1.29, 1.82) is 0 Å². The van der Waals surface area contributed by atoms with Crippen molar-refractivity contribution in [2.24, 2.45) is 0 Å². The van der Waals surface area contributed by atoms with Crippen LogP contribution in [0.2, 0.25) is 0 Å². The summed E-state index contributed by atoms with van der Waals surface area (Å²) >= 11 is 0. The first-order valence-corrected chi connectivity index (χ1v) is 14.3. The summed E-state index contributed by atoms with van der Waals surface area (Å²) in [5, 5.41) is 2.94. The van der Waals surface area contributed by atoms with Gasteiger partial charge in [-0.2, -0.15) is 0 Å². The third kappa shape index (κ3) is 9.67. The van der Waals surface area contributed by atoms with Gasteiger partial charge in [-0.3, -0.25) is 4.79 Å². The summed E-state index contributed by atoms with van der Waals surface area (Å²) in [6, 6.07) is 17.0. The fraction of sp³-hybridized carbons (Fsp3) is 0.412. The van der Waals surface area contributed by atoms with E-state index >= 15 is 0 Å². The first kappa shape index (κ1) is 30.1. The number of fused-ring (bicyclic) bond motifs is 1. The molecule has 1 aliphatic heterocycles. The predicted molar refractivity (Wildman–Crippen MR) is 162 cm³/mol. The Kier molecular flexibility index (Phi) is 12.2. The van der Waals surface area contributed by atoms with Crippen molar-refractivity contribution >= 4 is 17.8 Å². The minimum Gasteiger partial charge on any atom is -0.375 e. The SMILES string of the molecule is CCCCN(C)C1=CCC(c2ccc(C(C)NC(=O)CCC=O)cc2)=CC=C1.CN1CCc2ccccc2C1. The highest BCUT2D eigenvalue weighted by molar-refractivity contribution is 5.78. The van der Waals surface area contributed by atoms with Gasteiger partial charge in [0, 0.05) is 45.2 Å². The van der Waals surface area contributed by atoms with Crippen LogP contribution in [0, 0.1) is 0 Å². The number of nitrogens with zero attached hydrogens (tertiary/aromatic N) is 2. The molecule has 39 heavy (non-hydrogen) atoms. The number of nitrogens with one attached hydrogen (secondary N) is 1. The molecule has 1 N–H and O–H groups in total. The number of aldehydes is 1. The molecule has 0 aromatic heterocycles. The largest absolute Gasteiger partial charge is 0.375 e. The van der Waals surface area contributed by atoms with Crippen molar-refractivity contribution in [3.63, 3.8) is 0 Å². The maximum absolute atomic E-state index is 11.8. The van der Waals surface area contributed by atoms with Crippen molar-refractivity contribution in [2.45, 2.75) is 65.0 Å². The predicted octanol–water partition coefficient (Wildman–Crippen LogP) is 6.48. The van der Waals surface area contributed by atoms with E-state index in [1.54, 1.807) is 0 Å². The van der Waals surface area contributed by atoms with Crippen LogP contribution in [0.15, 0.2) is 78.5 Å². The maximum atomic E-state index is 11.8. The highest BCUT2D eigenvalue weighted by atomic mass is 16.1. The summed E-state index contributed by atoms with van der Waals surface area (Å²) in [4.78, 5) is 26.9. The Morgan fingerprint density at radius 2 is 1.87 bits per heavy atom. The molecule has 1 heterocycles. The minimum absolute atomic E-state index is 0.0741. The Labute approximate surface area is 235 Å². The first-order valence-electron chi connectivity index (χ1n) is 14.3. The number of carbonyl (C=O) groups excluding carboxylic acids is 2. The van der Waals surface area contributed by atoms with Crippen LogP contribution in [0.25, 0.3) is 5.57 Å². The zero-order valence-electron chi connectivity index (χ0n) is 24.2. The fourth-order valence-corrected chi connectivity index (χ4v) is 4.84. The van der Waals surface area contributed by atoms with E-state index in [-0.39, 0.29) is 24.8 Å². The van der Waals surface area contributed by atoms with Gasteiger partial charge in [0.15, 0.2) is 0 Å². The van der Waals surface area contributed by atoms with Crippen molar-refractivity contribution in [2.75, 3.05) is 27.2 Å². The molecule has 1 aliphatic carbocycles. The summed E-state index contributed by atoms with van der Waals surface area (Å²) in [5.74, 6) is -0.0925. The average Bonchev–Trinajstić information content (AvgIpc) is 3.22. The molecule has 0 saturated heterocycles. The molecule has 0 radical (unpaired) electrons. The number of likely N-dealkylation sites (N-methyl/N-ethyl adjacent to an activating group) is 2. The molecule has 0 saturated carbocycles. The van der Waals surface area contributed by atoms with E-state index in [9.17, 15) is 9.59 Å². The number of allylic oxidation sites excluding steroid dienone is 5. The van der Waals surface area contributed by atoms with Crippen LogP contribution in [0.5, 0.6) is 0 Å². The van der Waals surface area contributed by atoms with Crippen LogP contribution in [-0.2, 0) is 22.6 Å². The summed E-state index contributed by atoms with van der Waals surface area (Å²) < 4.78 is 0. The van der Waals surface area contributed by atoms with Crippen LogP contribution >= 0.6 is 0 Å². The molecule has 2 aliphatic rings. The van der Waals surface area contributed by atoms with Gasteiger partial charge in [0.05, 0.1) is 6.04 Å². The molecule has 0 bridgehead atoms. The molecule has 5 heteroatoms. The number of amides is 1.